The topological polar surface area (TPSA) is 65.1 Å². The molecule has 4 rings (SSSR count). The average molecular weight is 528 g/mol. The van der Waals surface area contributed by atoms with Crippen LogP contribution in [0.4, 0.5) is 4.79 Å². The molecule has 0 saturated carbocycles. The quantitative estimate of drug-likeness (QED) is 0.341. The van der Waals surface area contributed by atoms with E-state index in [4.69, 9.17) is 14.2 Å². The predicted octanol–water partition coefficient (Wildman–Crippen LogP) is 5.87. The lowest BCUT2D eigenvalue weighted by molar-refractivity contribution is -0.123. The van der Waals surface area contributed by atoms with Crippen molar-refractivity contribution in [1.82, 2.24) is 4.90 Å². The lowest BCUT2D eigenvalue weighted by Gasteiger charge is -2.14. The first-order valence-electron chi connectivity index (χ1n) is 10.2. The van der Waals surface area contributed by atoms with Crippen LogP contribution in [0.15, 0.2) is 64.0 Å². The van der Waals surface area contributed by atoms with E-state index in [0.29, 0.717) is 39.7 Å². The van der Waals surface area contributed by atoms with Gasteiger partial charge in [-0.3, -0.25) is 14.5 Å². The van der Waals surface area contributed by atoms with Gasteiger partial charge in [0.2, 0.25) is 0 Å². The Morgan fingerprint density at radius 1 is 1.03 bits per heavy atom. The first-order chi connectivity index (χ1) is 16.0. The van der Waals surface area contributed by atoms with E-state index in [1.54, 1.807) is 19.3 Å². The molecule has 0 bridgehead atoms. The molecule has 0 aromatic heterocycles. The molecule has 3 aromatic rings. The van der Waals surface area contributed by atoms with Gasteiger partial charge in [0, 0.05) is 7.11 Å². The smallest absolute Gasteiger partial charge is 0.293 e. The van der Waals surface area contributed by atoms with Gasteiger partial charge in [-0.15, -0.1) is 0 Å². The Balaban J connectivity index is 1.53. The van der Waals surface area contributed by atoms with Gasteiger partial charge >= 0.3 is 0 Å². The molecule has 33 heavy (non-hydrogen) atoms. The Labute approximate surface area is 204 Å². The molecule has 170 valence electrons. The summed E-state index contributed by atoms with van der Waals surface area (Å²) in [6.07, 6.45) is 1.68. The Bertz CT molecular complexity index is 1240. The minimum absolute atomic E-state index is 0.229. The molecular formula is C25H22BrNO5S. The molecule has 0 radical (unpaired) electrons. The van der Waals surface area contributed by atoms with Gasteiger partial charge in [-0.25, -0.2) is 0 Å². The fraction of sp³-hybridized carbons (Fsp3) is 0.200. The van der Waals surface area contributed by atoms with E-state index in [2.05, 4.69) is 40.2 Å². The van der Waals surface area contributed by atoms with Crippen LogP contribution in [0, 0.1) is 0 Å². The highest BCUT2D eigenvalue weighted by Crippen LogP contribution is 2.39. The van der Waals surface area contributed by atoms with E-state index in [1.807, 2.05) is 24.3 Å². The molecule has 1 heterocycles. The van der Waals surface area contributed by atoms with Crippen LogP contribution in [0.25, 0.3) is 16.8 Å². The maximum atomic E-state index is 12.6. The fourth-order valence-corrected chi connectivity index (χ4v) is 4.91. The third-order valence-corrected chi connectivity index (χ3v) is 6.64. The van der Waals surface area contributed by atoms with Crippen LogP contribution in [-0.2, 0) is 16.1 Å². The van der Waals surface area contributed by atoms with Crippen molar-refractivity contribution < 1.29 is 23.8 Å². The van der Waals surface area contributed by atoms with Crippen LogP contribution in [0.5, 0.6) is 11.5 Å². The van der Waals surface area contributed by atoms with E-state index in [9.17, 15) is 9.59 Å². The van der Waals surface area contributed by atoms with Gasteiger partial charge in [-0.05, 0) is 73.9 Å². The third-order valence-electron chi connectivity index (χ3n) is 5.14. The zero-order valence-electron chi connectivity index (χ0n) is 18.2. The largest absolute Gasteiger partial charge is 0.493 e. The van der Waals surface area contributed by atoms with Crippen molar-refractivity contribution >= 4 is 55.7 Å². The number of hydrogen-bond donors (Lipinski definition) is 0. The summed E-state index contributed by atoms with van der Waals surface area (Å²) in [5, 5.41) is 2.03. The molecular weight excluding hydrogens is 506 g/mol. The van der Waals surface area contributed by atoms with Crippen molar-refractivity contribution in [2.24, 2.45) is 0 Å². The molecule has 8 heteroatoms. The van der Waals surface area contributed by atoms with Crippen molar-refractivity contribution in [3.63, 3.8) is 0 Å². The Hall–Kier alpha value is -2.81. The molecule has 0 aliphatic carbocycles. The number of rotatable bonds is 8. The maximum Gasteiger partial charge on any atom is 0.293 e. The number of imide groups is 1. The van der Waals surface area contributed by atoms with Crippen LogP contribution in [-0.4, -0.2) is 43.4 Å². The molecule has 1 fully saturated rings. The Kier molecular flexibility index (Phi) is 7.37. The van der Waals surface area contributed by atoms with E-state index < -0.39 is 0 Å². The molecule has 0 unspecified atom stereocenters. The summed E-state index contributed by atoms with van der Waals surface area (Å²) < 4.78 is 17.3. The predicted molar refractivity (Wildman–Crippen MR) is 134 cm³/mol. The van der Waals surface area contributed by atoms with Gasteiger partial charge in [-0.2, -0.15) is 0 Å². The molecule has 1 aliphatic rings. The van der Waals surface area contributed by atoms with Crippen LogP contribution < -0.4 is 9.47 Å². The van der Waals surface area contributed by atoms with Crippen LogP contribution >= 0.6 is 27.7 Å². The van der Waals surface area contributed by atoms with E-state index in [1.165, 1.54) is 17.4 Å². The number of hydrogen-bond acceptors (Lipinski definition) is 6. The molecule has 0 spiro atoms. The number of fused-ring (bicyclic) bond motifs is 1. The zero-order chi connectivity index (χ0) is 23.4. The van der Waals surface area contributed by atoms with Crippen molar-refractivity contribution in [2.45, 2.75) is 6.61 Å². The van der Waals surface area contributed by atoms with Crippen LogP contribution in [0.1, 0.15) is 11.1 Å². The zero-order valence-corrected chi connectivity index (χ0v) is 20.6. The number of amides is 2. The molecule has 1 aliphatic heterocycles. The number of ether oxygens (including phenoxy) is 3. The van der Waals surface area contributed by atoms with Crippen molar-refractivity contribution in [1.29, 1.82) is 0 Å². The highest BCUT2D eigenvalue weighted by atomic mass is 79.9. The molecule has 0 N–H and O–H groups in total. The SMILES string of the molecule is COCCN1C(=O)S/C(=C/c2cc(Br)c(OCc3ccc4ccccc4c3)c(OC)c2)C1=O. The number of halogens is 1. The van der Waals surface area contributed by atoms with E-state index in [-0.39, 0.29) is 17.7 Å². The summed E-state index contributed by atoms with van der Waals surface area (Å²) in [5.74, 6) is 0.764. The van der Waals surface area contributed by atoms with E-state index in [0.717, 1.165) is 22.7 Å². The highest BCUT2D eigenvalue weighted by molar-refractivity contribution is 9.10. The molecule has 2 amide bonds. The monoisotopic (exact) mass is 527 g/mol. The summed E-state index contributed by atoms with van der Waals surface area (Å²) in [7, 11) is 3.09. The van der Waals surface area contributed by atoms with Crippen molar-refractivity contribution in [3.05, 3.63) is 75.1 Å². The van der Waals surface area contributed by atoms with Gasteiger partial charge < -0.3 is 14.2 Å². The fourth-order valence-electron chi connectivity index (χ4n) is 3.47. The second kappa shape index (κ2) is 10.4. The number of carbonyl (C=O) groups is 2. The Morgan fingerprint density at radius 2 is 1.82 bits per heavy atom. The van der Waals surface area contributed by atoms with E-state index >= 15 is 0 Å². The third kappa shape index (κ3) is 5.24. The summed E-state index contributed by atoms with van der Waals surface area (Å²) in [6.45, 7) is 0.901. The summed E-state index contributed by atoms with van der Waals surface area (Å²) >= 11 is 4.47. The summed E-state index contributed by atoms with van der Waals surface area (Å²) in [6, 6.07) is 18.0. The minimum atomic E-state index is -0.325. The molecule has 6 nitrogen and oxygen atoms in total. The number of nitrogens with zero attached hydrogens (tertiary/aromatic N) is 1. The first kappa shape index (κ1) is 23.4. The number of thioether (sulfide) groups is 1. The molecule has 3 aromatic carbocycles. The lowest BCUT2D eigenvalue weighted by Crippen LogP contribution is -2.31. The average Bonchev–Trinajstić information content (AvgIpc) is 3.08. The second-order valence-electron chi connectivity index (χ2n) is 7.33. The number of carbonyl (C=O) groups excluding carboxylic acids is 2. The number of methoxy groups -OCH3 is 2. The van der Waals surface area contributed by atoms with Gasteiger partial charge in [-0.1, -0.05) is 36.4 Å². The summed E-state index contributed by atoms with van der Waals surface area (Å²) in [4.78, 5) is 26.3. The number of benzene rings is 3. The standard InChI is InChI=1S/C25H22BrNO5S/c1-30-10-9-27-24(28)22(33-25(27)29)14-17-12-20(26)23(21(13-17)31-2)32-15-16-7-8-18-5-3-4-6-19(18)11-16/h3-8,11-14H,9-10,15H2,1-2H3/b22-14+. The molecule has 0 atom stereocenters. The lowest BCUT2D eigenvalue weighted by atomic mass is 10.1. The summed E-state index contributed by atoms with van der Waals surface area (Å²) in [5.41, 5.74) is 1.76. The van der Waals surface area contributed by atoms with Crippen LogP contribution in [0.3, 0.4) is 0 Å². The van der Waals surface area contributed by atoms with Gasteiger partial charge in [0.15, 0.2) is 11.5 Å². The maximum absolute atomic E-state index is 12.6. The van der Waals surface area contributed by atoms with Crippen LogP contribution in [0.2, 0.25) is 0 Å². The van der Waals surface area contributed by atoms with Gasteiger partial charge in [0.25, 0.3) is 11.1 Å². The van der Waals surface area contributed by atoms with Crippen molar-refractivity contribution in [2.75, 3.05) is 27.4 Å². The first-order valence-corrected chi connectivity index (χ1v) is 11.8. The second-order valence-corrected chi connectivity index (χ2v) is 9.18. The molecule has 1 saturated heterocycles. The van der Waals surface area contributed by atoms with Crippen molar-refractivity contribution in [3.8, 4) is 11.5 Å². The van der Waals surface area contributed by atoms with Gasteiger partial charge in [0.1, 0.15) is 6.61 Å². The highest BCUT2D eigenvalue weighted by Gasteiger charge is 2.34. The van der Waals surface area contributed by atoms with Gasteiger partial charge in [0.05, 0.1) is 29.6 Å². The minimum Gasteiger partial charge on any atom is -0.493 e. The Morgan fingerprint density at radius 3 is 2.58 bits per heavy atom. The normalized spacial score (nSPS) is 15.0.